The summed E-state index contributed by atoms with van der Waals surface area (Å²) in [6.45, 7) is 3.91. The van der Waals surface area contributed by atoms with E-state index in [0.717, 1.165) is 5.56 Å². The molecule has 1 saturated heterocycles. The first-order valence-corrected chi connectivity index (χ1v) is 6.24. The third-order valence-electron chi connectivity index (χ3n) is 3.55. The number of hydrogen-bond donors (Lipinski definition) is 1. The number of nitrogens with one attached hydrogen (secondary N) is 1. The minimum Gasteiger partial charge on any atom is -0.378 e. The predicted octanol–water partition coefficient (Wildman–Crippen LogP) is 1.99. The van der Waals surface area contributed by atoms with E-state index in [1.54, 1.807) is 12.1 Å². The van der Waals surface area contributed by atoms with Crippen LogP contribution in [0.3, 0.4) is 0 Å². The molecule has 2 heterocycles. The summed E-state index contributed by atoms with van der Waals surface area (Å²) < 4.78 is 12.9. The van der Waals surface area contributed by atoms with Crippen LogP contribution >= 0.6 is 0 Å². The molecule has 1 fully saturated rings. The van der Waals surface area contributed by atoms with Crippen LogP contribution in [0.4, 0.5) is 4.39 Å². The zero-order valence-corrected chi connectivity index (χ0v) is 10.9. The van der Waals surface area contributed by atoms with Gasteiger partial charge in [-0.3, -0.25) is 4.79 Å². The predicted molar refractivity (Wildman–Crippen MR) is 68.2 cm³/mol. The summed E-state index contributed by atoms with van der Waals surface area (Å²) in [4.78, 5) is 17.5. The number of amides is 1. The van der Waals surface area contributed by atoms with Gasteiger partial charge in [-0.15, -0.1) is 0 Å². The van der Waals surface area contributed by atoms with Crippen LogP contribution in [0.2, 0.25) is 0 Å². The van der Waals surface area contributed by atoms with E-state index in [0.29, 0.717) is 18.6 Å². The van der Waals surface area contributed by atoms with Gasteiger partial charge in [0, 0.05) is 18.4 Å². The van der Waals surface area contributed by atoms with Crippen molar-refractivity contribution >= 4 is 11.6 Å². The molecule has 0 saturated carbocycles. The zero-order chi connectivity index (χ0) is 13.7. The van der Waals surface area contributed by atoms with Crippen molar-refractivity contribution in [2.75, 3.05) is 0 Å². The normalized spacial score (nSPS) is 28.2. The van der Waals surface area contributed by atoms with Crippen LogP contribution in [0, 0.1) is 5.82 Å². The molecule has 100 valence electrons. The molecule has 0 aromatic heterocycles. The highest BCUT2D eigenvalue weighted by atomic mass is 19.1. The van der Waals surface area contributed by atoms with Gasteiger partial charge < -0.3 is 10.2 Å². The molecule has 5 heteroatoms. The molecule has 19 heavy (non-hydrogen) atoms. The lowest BCUT2D eigenvalue weighted by molar-refractivity contribution is -0.138. The highest BCUT2D eigenvalue weighted by molar-refractivity contribution is 6.06. The lowest BCUT2D eigenvalue weighted by Gasteiger charge is -2.19. The van der Waals surface area contributed by atoms with Gasteiger partial charge in [0.05, 0.1) is 5.71 Å². The Hall–Kier alpha value is -1.91. The van der Waals surface area contributed by atoms with E-state index in [4.69, 9.17) is 4.84 Å². The number of oxime groups is 1. The second-order valence-electron chi connectivity index (χ2n) is 5.82. The Morgan fingerprint density at radius 3 is 2.58 bits per heavy atom. The Kier molecular flexibility index (Phi) is 2.42. The van der Waals surface area contributed by atoms with E-state index in [-0.39, 0.29) is 17.3 Å². The summed E-state index contributed by atoms with van der Waals surface area (Å²) in [7, 11) is 0. The summed E-state index contributed by atoms with van der Waals surface area (Å²) in [5, 5.41) is 6.93. The van der Waals surface area contributed by atoms with Gasteiger partial charge in [0.2, 0.25) is 5.60 Å². The molecular weight excluding hydrogens is 247 g/mol. The highest BCUT2D eigenvalue weighted by Crippen LogP contribution is 2.39. The molecule has 2 aliphatic rings. The SMILES string of the molecule is CC1(C)CC2(CC(c3ccc(F)cc3)=NO2)C(=O)N1. The average Bonchev–Trinajstić information content (AvgIpc) is 2.83. The maximum atomic E-state index is 12.9. The van der Waals surface area contributed by atoms with Crippen LogP contribution in [-0.2, 0) is 9.63 Å². The molecule has 4 nitrogen and oxygen atoms in total. The maximum absolute atomic E-state index is 12.9. The monoisotopic (exact) mass is 262 g/mol. The average molecular weight is 262 g/mol. The Morgan fingerprint density at radius 2 is 2.00 bits per heavy atom. The third-order valence-corrected chi connectivity index (χ3v) is 3.55. The van der Waals surface area contributed by atoms with Crippen LogP contribution in [0.5, 0.6) is 0 Å². The third kappa shape index (κ3) is 1.99. The second-order valence-corrected chi connectivity index (χ2v) is 5.82. The Balaban J connectivity index is 1.83. The minimum atomic E-state index is -0.896. The van der Waals surface area contributed by atoms with Crippen LogP contribution in [-0.4, -0.2) is 22.8 Å². The Morgan fingerprint density at radius 1 is 1.32 bits per heavy atom. The van der Waals surface area contributed by atoms with Gasteiger partial charge in [-0.25, -0.2) is 4.39 Å². The fourth-order valence-electron chi connectivity index (χ4n) is 2.75. The van der Waals surface area contributed by atoms with Crippen LogP contribution < -0.4 is 5.32 Å². The first kappa shape index (κ1) is 12.1. The van der Waals surface area contributed by atoms with Gasteiger partial charge in [-0.05, 0) is 31.5 Å². The number of carbonyl (C=O) groups is 1. The fraction of sp³-hybridized carbons (Fsp3) is 0.429. The summed E-state index contributed by atoms with van der Waals surface area (Å²) >= 11 is 0. The van der Waals surface area contributed by atoms with Crippen molar-refractivity contribution in [3.05, 3.63) is 35.6 Å². The fourth-order valence-corrected chi connectivity index (χ4v) is 2.75. The van der Waals surface area contributed by atoms with Gasteiger partial charge in [0.1, 0.15) is 5.82 Å². The minimum absolute atomic E-state index is 0.127. The summed E-state index contributed by atoms with van der Waals surface area (Å²) in [6, 6.07) is 6.05. The van der Waals surface area contributed by atoms with Gasteiger partial charge >= 0.3 is 0 Å². The quantitative estimate of drug-likeness (QED) is 0.841. The summed E-state index contributed by atoms with van der Waals surface area (Å²) in [6.07, 6.45) is 1.00. The van der Waals surface area contributed by atoms with Crippen molar-refractivity contribution in [3.63, 3.8) is 0 Å². The molecule has 1 amide bonds. The molecule has 2 aliphatic heterocycles. The second kappa shape index (κ2) is 3.79. The topological polar surface area (TPSA) is 50.7 Å². The molecule has 1 unspecified atom stereocenters. The van der Waals surface area contributed by atoms with Crippen molar-refractivity contribution in [1.29, 1.82) is 0 Å². The largest absolute Gasteiger partial charge is 0.378 e. The molecule has 1 aromatic carbocycles. The van der Waals surface area contributed by atoms with E-state index < -0.39 is 5.60 Å². The van der Waals surface area contributed by atoms with E-state index >= 15 is 0 Å². The molecule has 1 spiro atoms. The Labute approximate surface area is 110 Å². The first-order valence-electron chi connectivity index (χ1n) is 6.24. The first-order chi connectivity index (χ1) is 8.90. The highest BCUT2D eigenvalue weighted by Gasteiger charge is 2.56. The van der Waals surface area contributed by atoms with Crippen molar-refractivity contribution in [3.8, 4) is 0 Å². The van der Waals surface area contributed by atoms with Gasteiger partial charge in [-0.1, -0.05) is 17.3 Å². The van der Waals surface area contributed by atoms with Gasteiger partial charge in [0.15, 0.2) is 0 Å². The summed E-state index contributed by atoms with van der Waals surface area (Å²) in [5.74, 6) is -0.420. The van der Waals surface area contributed by atoms with E-state index in [1.165, 1.54) is 12.1 Å². The Bertz CT molecular complexity index is 565. The number of halogens is 1. The molecule has 3 rings (SSSR count). The smallest absolute Gasteiger partial charge is 0.267 e. The number of rotatable bonds is 1. The van der Waals surface area contributed by atoms with Crippen LogP contribution in [0.25, 0.3) is 0 Å². The van der Waals surface area contributed by atoms with Crippen molar-refractivity contribution in [2.45, 2.75) is 37.8 Å². The van der Waals surface area contributed by atoms with Crippen molar-refractivity contribution < 1.29 is 14.0 Å². The van der Waals surface area contributed by atoms with Crippen molar-refractivity contribution in [1.82, 2.24) is 5.32 Å². The number of carbonyl (C=O) groups excluding carboxylic acids is 1. The maximum Gasteiger partial charge on any atom is 0.267 e. The lowest BCUT2D eigenvalue weighted by atomic mass is 9.87. The van der Waals surface area contributed by atoms with E-state index in [1.807, 2.05) is 13.8 Å². The zero-order valence-electron chi connectivity index (χ0n) is 10.9. The van der Waals surface area contributed by atoms with Crippen LogP contribution in [0.15, 0.2) is 29.4 Å². The molecule has 1 atom stereocenters. The molecule has 0 bridgehead atoms. The van der Waals surface area contributed by atoms with Crippen LogP contribution in [0.1, 0.15) is 32.3 Å². The molecule has 0 aliphatic carbocycles. The van der Waals surface area contributed by atoms with Gasteiger partial charge in [-0.2, -0.15) is 0 Å². The summed E-state index contributed by atoms with van der Waals surface area (Å²) in [5.41, 5.74) is 0.293. The number of hydrogen-bond acceptors (Lipinski definition) is 3. The lowest BCUT2D eigenvalue weighted by Crippen LogP contribution is -2.39. The van der Waals surface area contributed by atoms with Gasteiger partial charge in [0.25, 0.3) is 5.91 Å². The van der Waals surface area contributed by atoms with E-state index in [9.17, 15) is 9.18 Å². The molecular formula is C14H15FN2O2. The molecule has 1 N–H and O–H groups in total. The van der Waals surface area contributed by atoms with Crippen molar-refractivity contribution in [2.24, 2.45) is 5.16 Å². The number of benzene rings is 1. The standard InChI is InChI=1S/C14H15FN2O2/c1-13(2)8-14(12(18)16-13)7-11(17-19-14)9-3-5-10(15)6-4-9/h3-6H,7-8H2,1-2H3,(H,16,18). The van der Waals surface area contributed by atoms with E-state index in [2.05, 4.69) is 10.5 Å². The molecule has 1 aromatic rings. The molecule has 0 radical (unpaired) electrons. The number of nitrogens with zero attached hydrogens (tertiary/aromatic N) is 1.